The molecular formula is C24H23F3N2O4S2. The summed E-state index contributed by atoms with van der Waals surface area (Å²) in [6, 6.07) is 9.99. The molecule has 6 nitrogen and oxygen atoms in total. The predicted octanol–water partition coefficient (Wildman–Crippen LogP) is 6.28. The van der Waals surface area contributed by atoms with Crippen molar-refractivity contribution in [1.82, 2.24) is 8.96 Å². The molecule has 11 heteroatoms. The number of hydrogen-bond donors (Lipinski definition) is 1. The largest absolute Gasteiger partial charge is 0.481 e. The Kier molecular flexibility index (Phi) is 8.01. The summed E-state index contributed by atoms with van der Waals surface area (Å²) in [6.45, 7) is 3.56. The number of aliphatic carboxylic acids is 1. The monoisotopic (exact) mass is 524 g/mol. The van der Waals surface area contributed by atoms with Gasteiger partial charge in [-0.05, 0) is 48.4 Å². The van der Waals surface area contributed by atoms with Gasteiger partial charge in [-0.25, -0.2) is 17.4 Å². The zero-order valence-corrected chi connectivity index (χ0v) is 20.5. The molecule has 2 aromatic heterocycles. The number of carboxylic acid groups (broad SMARTS) is 1. The molecule has 2 aromatic carbocycles. The molecule has 1 unspecified atom stereocenters. The van der Waals surface area contributed by atoms with Crippen molar-refractivity contribution in [2.45, 2.75) is 26.4 Å². The molecule has 0 fully saturated rings. The fraction of sp³-hybridized carbons (Fsp3) is 0.250. The van der Waals surface area contributed by atoms with Gasteiger partial charge in [-0.1, -0.05) is 32.1 Å². The quantitative estimate of drug-likeness (QED) is 0.321. The molecule has 0 spiro atoms. The summed E-state index contributed by atoms with van der Waals surface area (Å²) in [4.78, 5) is 14.1. The molecule has 0 aliphatic carbocycles. The predicted molar refractivity (Wildman–Crippen MR) is 132 cm³/mol. The van der Waals surface area contributed by atoms with Crippen LogP contribution >= 0.6 is 11.3 Å². The number of hydrogen-bond acceptors (Lipinski definition) is 5. The lowest BCUT2D eigenvalue weighted by Crippen LogP contribution is -2.14. The number of carbonyl (C=O) groups is 1. The topological polar surface area (TPSA) is 89.3 Å². The van der Waals surface area contributed by atoms with Gasteiger partial charge >= 0.3 is 12.1 Å². The fourth-order valence-corrected chi connectivity index (χ4v) is 5.01. The minimum Gasteiger partial charge on any atom is -0.481 e. The summed E-state index contributed by atoms with van der Waals surface area (Å²) in [5.41, 5.74) is 2.87. The van der Waals surface area contributed by atoms with Gasteiger partial charge in [0.05, 0.1) is 38.5 Å². The summed E-state index contributed by atoms with van der Waals surface area (Å²) in [5.74, 6) is -1.17. The molecule has 0 radical (unpaired) electrons. The normalized spacial score (nSPS) is 13.2. The lowest BCUT2D eigenvalue weighted by molar-refractivity contribution is -0.141. The number of carboxylic acids is 1. The first kappa shape index (κ1) is 26.4. The molecule has 35 heavy (non-hydrogen) atoms. The molecule has 0 saturated carbocycles. The third-order valence-electron chi connectivity index (χ3n) is 5.29. The zero-order valence-electron chi connectivity index (χ0n) is 18.9. The van der Waals surface area contributed by atoms with E-state index >= 15 is 0 Å². The Morgan fingerprint density at radius 3 is 2.57 bits per heavy atom. The van der Waals surface area contributed by atoms with Crippen LogP contribution in [0.3, 0.4) is 0 Å². The maximum atomic E-state index is 12.8. The Balaban J connectivity index is 0.000000429. The van der Waals surface area contributed by atoms with Gasteiger partial charge in [-0.15, -0.1) is 11.3 Å². The standard InChI is InChI=1S/C19H13F3N2O2S2.C5H10O2/c20-19(21,22)15-4-6-17-14(11-15)7-8-24(17)28(25,26)9-1-2-13-3-5-16-18(10-13)27-12-23-16;1-3-4(2)5(6)7/h1-8,10-12H,9H2;4H,3H2,1-2H3,(H,6,7). The average molecular weight is 525 g/mol. The van der Waals surface area contributed by atoms with Crippen molar-refractivity contribution in [2.75, 3.05) is 5.75 Å². The molecule has 0 bridgehead atoms. The molecule has 4 aromatic rings. The first-order valence-electron chi connectivity index (χ1n) is 10.6. The van der Waals surface area contributed by atoms with Crippen LogP contribution in [0.4, 0.5) is 13.2 Å². The van der Waals surface area contributed by atoms with E-state index in [1.54, 1.807) is 18.5 Å². The van der Waals surface area contributed by atoms with E-state index in [9.17, 15) is 26.4 Å². The minimum atomic E-state index is -4.48. The van der Waals surface area contributed by atoms with Crippen LogP contribution in [-0.4, -0.2) is 34.2 Å². The molecule has 0 aliphatic rings. The van der Waals surface area contributed by atoms with Gasteiger partial charge in [0.15, 0.2) is 0 Å². The van der Waals surface area contributed by atoms with Gasteiger partial charge in [-0.2, -0.15) is 13.2 Å². The Labute approximate surface area is 204 Å². The van der Waals surface area contributed by atoms with Crippen LogP contribution in [-0.2, 0) is 21.0 Å². The van der Waals surface area contributed by atoms with Crippen LogP contribution in [0.1, 0.15) is 31.4 Å². The highest BCUT2D eigenvalue weighted by molar-refractivity contribution is 7.90. The number of fused-ring (bicyclic) bond motifs is 2. The van der Waals surface area contributed by atoms with Crippen LogP contribution in [0.5, 0.6) is 0 Å². The molecule has 2 heterocycles. The third kappa shape index (κ3) is 6.49. The van der Waals surface area contributed by atoms with Crippen molar-refractivity contribution < 1.29 is 31.5 Å². The first-order chi connectivity index (χ1) is 16.4. The smallest absolute Gasteiger partial charge is 0.416 e. The van der Waals surface area contributed by atoms with E-state index in [0.29, 0.717) is 0 Å². The summed E-state index contributed by atoms with van der Waals surface area (Å²) in [5, 5.41) is 8.40. The Hall–Kier alpha value is -3.18. The minimum absolute atomic E-state index is 0.181. The maximum absolute atomic E-state index is 12.8. The Bertz CT molecular complexity index is 1470. The van der Waals surface area contributed by atoms with E-state index in [-0.39, 0.29) is 22.6 Å². The van der Waals surface area contributed by atoms with Crippen LogP contribution < -0.4 is 0 Å². The molecule has 1 N–H and O–H groups in total. The fourth-order valence-electron chi connectivity index (χ4n) is 3.07. The van der Waals surface area contributed by atoms with Gasteiger partial charge < -0.3 is 5.11 Å². The molecule has 4 rings (SSSR count). The molecule has 186 valence electrons. The van der Waals surface area contributed by atoms with Gasteiger partial charge in [0.2, 0.25) is 10.0 Å². The second-order valence-corrected chi connectivity index (χ2v) is 10.6. The number of benzene rings is 2. The van der Waals surface area contributed by atoms with Crippen LogP contribution in [0.25, 0.3) is 27.2 Å². The molecular weight excluding hydrogens is 501 g/mol. The molecule has 1 atom stereocenters. The van der Waals surface area contributed by atoms with Crippen molar-refractivity contribution in [1.29, 1.82) is 0 Å². The zero-order chi connectivity index (χ0) is 25.8. The van der Waals surface area contributed by atoms with Gasteiger partial charge in [0.1, 0.15) is 0 Å². The van der Waals surface area contributed by atoms with Crippen LogP contribution in [0, 0.1) is 5.92 Å². The van der Waals surface area contributed by atoms with E-state index in [2.05, 4.69) is 4.98 Å². The highest BCUT2D eigenvalue weighted by Crippen LogP contribution is 2.32. The maximum Gasteiger partial charge on any atom is 0.416 e. The lowest BCUT2D eigenvalue weighted by Gasteiger charge is -2.08. The van der Waals surface area contributed by atoms with Crippen LogP contribution in [0.15, 0.2) is 60.2 Å². The van der Waals surface area contributed by atoms with E-state index in [0.717, 1.165) is 38.3 Å². The summed E-state index contributed by atoms with van der Waals surface area (Å²) >= 11 is 1.50. The van der Waals surface area contributed by atoms with Crippen molar-refractivity contribution in [3.63, 3.8) is 0 Å². The molecule has 0 saturated heterocycles. The van der Waals surface area contributed by atoms with E-state index in [4.69, 9.17) is 5.11 Å². The second-order valence-electron chi connectivity index (χ2n) is 7.79. The van der Waals surface area contributed by atoms with Crippen molar-refractivity contribution >= 4 is 54.5 Å². The Morgan fingerprint density at radius 1 is 1.20 bits per heavy atom. The molecule has 0 aliphatic heterocycles. The summed E-state index contributed by atoms with van der Waals surface area (Å²) in [7, 11) is -3.75. The highest BCUT2D eigenvalue weighted by atomic mass is 32.2. The number of thiazole rings is 1. The highest BCUT2D eigenvalue weighted by Gasteiger charge is 2.30. The summed E-state index contributed by atoms with van der Waals surface area (Å²) in [6.07, 6.45) is 0.738. The van der Waals surface area contributed by atoms with Gasteiger partial charge in [0.25, 0.3) is 0 Å². The number of halogens is 3. The van der Waals surface area contributed by atoms with Gasteiger partial charge in [-0.3, -0.25) is 4.79 Å². The van der Waals surface area contributed by atoms with Crippen molar-refractivity contribution in [3.05, 3.63) is 71.4 Å². The van der Waals surface area contributed by atoms with E-state index in [1.807, 2.05) is 25.1 Å². The third-order valence-corrected chi connectivity index (χ3v) is 7.61. The van der Waals surface area contributed by atoms with Crippen molar-refractivity contribution in [2.24, 2.45) is 5.92 Å². The van der Waals surface area contributed by atoms with Crippen molar-refractivity contribution in [3.8, 4) is 0 Å². The first-order valence-corrected chi connectivity index (χ1v) is 13.1. The SMILES string of the molecule is CCC(C)C(=O)O.O=S(=O)(CC=Cc1ccc2ncsc2c1)n1ccc2cc(C(F)(F)F)ccc21. The summed E-state index contributed by atoms with van der Waals surface area (Å²) < 4.78 is 65.7. The van der Waals surface area contributed by atoms with Gasteiger partial charge in [0, 0.05) is 11.6 Å². The number of nitrogens with zero attached hydrogens (tertiary/aromatic N) is 2. The van der Waals surface area contributed by atoms with Crippen LogP contribution in [0.2, 0.25) is 0 Å². The lowest BCUT2D eigenvalue weighted by atomic mass is 10.1. The van der Waals surface area contributed by atoms with E-state index < -0.39 is 27.7 Å². The van der Waals surface area contributed by atoms with E-state index in [1.165, 1.54) is 35.7 Å². The number of aromatic nitrogens is 2. The Morgan fingerprint density at radius 2 is 1.94 bits per heavy atom. The number of rotatable bonds is 6. The number of alkyl halides is 3. The molecule has 0 amide bonds. The second kappa shape index (κ2) is 10.6. The average Bonchev–Trinajstić information content (AvgIpc) is 3.44.